The highest BCUT2D eigenvalue weighted by molar-refractivity contribution is 7.13. The topological polar surface area (TPSA) is 71.1 Å². The summed E-state index contributed by atoms with van der Waals surface area (Å²) in [6, 6.07) is 0. The van der Waals surface area contributed by atoms with Crippen molar-refractivity contribution in [3.63, 3.8) is 0 Å². The minimum Gasteiger partial charge on any atom is -0.354 e. The SMILES string of the molecule is CCCCNC(=O)C1(NC(=O)c2sc(C(C)C)nc2C)CCCCC1. The van der Waals surface area contributed by atoms with Gasteiger partial charge in [-0.1, -0.05) is 46.5 Å². The van der Waals surface area contributed by atoms with Gasteiger partial charge in [-0.2, -0.15) is 0 Å². The maximum absolute atomic E-state index is 12.9. The molecule has 0 bridgehead atoms. The van der Waals surface area contributed by atoms with Crippen LogP contribution in [0.2, 0.25) is 0 Å². The molecule has 0 unspecified atom stereocenters. The smallest absolute Gasteiger partial charge is 0.264 e. The van der Waals surface area contributed by atoms with Gasteiger partial charge in [-0.15, -0.1) is 11.3 Å². The van der Waals surface area contributed by atoms with Crippen molar-refractivity contribution in [2.75, 3.05) is 6.54 Å². The molecule has 1 fully saturated rings. The number of nitrogens with zero attached hydrogens (tertiary/aromatic N) is 1. The molecular weight excluding hydrogens is 334 g/mol. The molecular formula is C19H31N3O2S. The van der Waals surface area contributed by atoms with Crippen molar-refractivity contribution < 1.29 is 9.59 Å². The van der Waals surface area contributed by atoms with E-state index < -0.39 is 5.54 Å². The summed E-state index contributed by atoms with van der Waals surface area (Å²) in [5.74, 6) is 0.112. The van der Waals surface area contributed by atoms with Crippen LogP contribution in [0.5, 0.6) is 0 Å². The maximum atomic E-state index is 12.9. The van der Waals surface area contributed by atoms with E-state index in [-0.39, 0.29) is 11.8 Å². The number of unbranched alkanes of at least 4 members (excludes halogenated alkanes) is 1. The van der Waals surface area contributed by atoms with Gasteiger partial charge in [0.15, 0.2) is 0 Å². The average Bonchev–Trinajstić information content (AvgIpc) is 2.98. The third-order valence-electron chi connectivity index (χ3n) is 4.82. The second kappa shape index (κ2) is 8.79. The molecule has 0 saturated heterocycles. The summed E-state index contributed by atoms with van der Waals surface area (Å²) < 4.78 is 0. The highest BCUT2D eigenvalue weighted by atomic mass is 32.1. The third-order valence-corrected chi connectivity index (χ3v) is 6.28. The van der Waals surface area contributed by atoms with Crippen LogP contribution in [0, 0.1) is 6.92 Å². The molecule has 1 aliphatic carbocycles. The molecule has 1 heterocycles. The van der Waals surface area contributed by atoms with Crippen molar-refractivity contribution in [3.05, 3.63) is 15.6 Å². The van der Waals surface area contributed by atoms with Gasteiger partial charge in [0, 0.05) is 12.5 Å². The third kappa shape index (κ3) is 4.81. The van der Waals surface area contributed by atoms with Gasteiger partial charge in [0.1, 0.15) is 10.4 Å². The van der Waals surface area contributed by atoms with Crippen LogP contribution in [0.25, 0.3) is 0 Å². The normalized spacial score (nSPS) is 16.7. The van der Waals surface area contributed by atoms with Crippen molar-refractivity contribution in [1.82, 2.24) is 15.6 Å². The lowest BCUT2D eigenvalue weighted by Crippen LogP contribution is -2.59. The Balaban J connectivity index is 2.16. The van der Waals surface area contributed by atoms with Crippen LogP contribution in [-0.2, 0) is 4.79 Å². The number of nitrogens with one attached hydrogen (secondary N) is 2. The van der Waals surface area contributed by atoms with Crippen molar-refractivity contribution in [2.45, 2.75) is 84.1 Å². The molecule has 2 rings (SSSR count). The highest BCUT2D eigenvalue weighted by Gasteiger charge is 2.41. The molecule has 0 atom stereocenters. The van der Waals surface area contributed by atoms with E-state index in [9.17, 15) is 9.59 Å². The van der Waals surface area contributed by atoms with Crippen molar-refractivity contribution in [2.24, 2.45) is 0 Å². The van der Waals surface area contributed by atoms with E-state index in [4.69, 9.17) is 0 Å². The lowest BCUT2D eigenvalue weighted by atomic mass is 9.80. The lowest BCUT2D eigenvalue weighted by Gasteiger charge is -2.36. The second-order valence-electron chi connectivity index (χ2n) is 7.33. The Morgan fingerprint density at radius 1 is 1.24 bits per heavy atom. The van der Waals surface area contributed by atoms with Gasteiger partial charge in [0.25, 0.3) is 5.91 Å². The summed E-state index contributed by atoms with van der Waals surface area (Å²) in [6.07, 6.45) is 6.49. The Morgan fingerprint density at radius 3 is 2.48 bits per heavy atom. The zero-order valence-corrected chi connectivity index (χ0v) is 16.7. The van der Waals surface area contributed by atoms with E-state index in [2.05, 4.69) is 36.4 Å². The lowest BCUT2D eigenvalue weighted by molar-refractivity contribution is -0.128. The van der Waals surface area contributed by atoms with Gasteiger partial charge in [-0.3, -0.25) is 9.59 Å². The molecule has 0 spiro atoms. The average molecular weight is 366 g/mol. The van der Waals surface area contributed by atoms with Gasteiger partial charge in [-0.25, -0.2) is 4.98 Å². The molecule has 6 heteroatoms. The molecule has 0 radical (unpaired) electrons. The van der Waals surface area contributed by atoms with Crippen molar-refractivity contribution in [3.8, 4) is 0 Å². The molecule has 1 aromatic rings. The fourth-order valence-corrected chi connectivity index (χ4v) is 4.23. The predicted octanol–water partition coefficient (Wildman–Crippen LogP) is 3.92. The number of rotatable bonds is 7. The van der Waals surface area contributed by atoms with Crippen LogP contribution in [0.3, 0.4) is 0 Å². The van der Waals surface area contributed by atoms with Crippen molar-refractivity contribution in [1.29, 1.82) is 0 Å². The molecule has 1 aliphatic rings. The van der Waals surface area contributed by atoms with Crippen LogP contribution in [0.4, 0.5) is 0 Å². The molecule has 25 heavy (non-hydrogen) atoms. The standard InChI is InChI=1S/C19H31N3O2S/c1-5-6-12-20-18(24)19(10-8-7-9-11-19)22-16(23)15-14(4)21-17(25-15)13(2)3/h13H,5-12H2,1-4H3,(H,20,24)(H,22,23). The number of hydrogen-bond donors (Lipinski definition) is 2. The zero-order chi connectivity index (χ0) is 18.4. The summed E-state index contributed by atoms with van der Waals surface area (Å²) in [7, 11) is 0. The molecule has 1 aromatic heterocycles. The van der Waals surface area contributed by atoms with Gasteiger partial charge >= 0.3 is 0 Å². The van der Waals surface area contributed by atoms with E-state index in [1.165, 1.54) is 11.3 Å². The zero-order valence-electron chi connectivity index (χ0n) is 15.9. The van der Waals surface area contributed by atoms with Gasteiger partial charge in [0.05, 0.1) is 10.7 Å². The molecule has 0 aromatic carbocycles. The first-order valence-electron chi connectivity index (χ1n) is 9.47. The Labute approximate surface area is 155 Å². The number of aromatic nitrogens is 1. The van der Waals surface area contributed by atoms with E-state index >= 15 is 0 Å². The molecule has 2 amide bonds. The first-order valence-corrected chi connectivity index (χ1v) is 10.3. The van der Waals surface area contributed by atoms with Gasteiger partial charge in [0.2, 0.25) is 5.91 Å². The predicted molar refractivity (Wildman–Crippen MR) is 102 cm³/mol. The largest absolute Gasteiger partial charge is 0.354 e. The van der Waals surface area contributed by atoms with Crippen LogP contribution in [-0.4, -0.2) is 28.9 Å². The Bertz CT molecular complexity index is 604. The minimum atomic E-state index is -0.766. The number of amides is 2. The van der Waals surface area contributed by atoms with E-state index in [0.717, 1.165) is 42.8 Å². The van der Waals surface area contributed by atoms with Crippen molar-refractivity contribution >= 4 is 23.2 Å². The number of thiazole rings is 1. The first kappa shape index (κ1) is 19.9. The summed E-state index contributed by atoms with van der Waals surface area (Å²) in [5, 5.41) is 7.08. The molecule has 5 nitrogen and oxygen atoms in total. The van der Waals surface area contributed by atoms with Crippen LogP contribution in [0.15, 0.2) is 0 Å². The van der Waals surface area contributed by atoms with Crippen LogP contribution in [0.1, 0.15) is 92.0 Å². The first-order chi connectivity index (χ1) is 11.9. The molecule has 2 N–H and O–H groups in total. The Hall–Kier alpha value is -1.43. The van der Waals surface area contributed by atoms with Crippen LogP contribution < -0.4 is 10.6 Å². The van der Waals surface area contributed by atoms with Gasteiger partial charge in [-0.05, 0) is 26.2 Å². The number of aryl methyl sites for hydroxylation is 1. The van der Waals surface area contributed by atoms with E-state index in [0.29, 0.717) is 30.2 Å². The quantitative estimate of drug-likeness (QED) is 0.719. The van der Waals surface area contributed by atoms with Crippen LogP contribution >= 0.6 is 11.3 Å². The summed E-state index contributed by atoms with van der Waals surface area (Å²) in [5.41, 5.74) is -0.0131. The minimum absolute atomic E-state index is 0.0275. The second-order valence-corrected chi connectivity index (χ2v) is 8.36. The monoisotopic (exact) mass is 365 g/mol. The summed E-state index contributed by atoms with van der Waals surface area (Å²) >= 11 is 1.44. The van der Waals surface area contributed by atoms with Gasteiger partial charge < -0.3 is 10.6 Å². The van der Waals surface area contributed by atoms with E-state index in [1.807, 2.05) is 6.92 Å². The molecule has 140 valence electrons. The summed E-state index contributed by atoms with van der Waals surface area (Å²) in [4.78, 5) is 30.9. The number of carbonyl (C=O) groups excluding carboxylic acids is 2. The number of carbonyl (C=O) groups is 2. The fraction of sp³-hybridized carbons (Fsp3) is 0.737. The maximum Gasteiger partial charge on any atom is 0.264 e. The Morgan fingerprint density at radius 2 is 1.92 bits per heavy atom. The Kier molecular flexibility index (Phi) is 6.99. The summed E-state index contributed by atoms with van der Waals surface area (Å²) in [6.45, 7) is 8.78. The fourth-order valence-electron chi connectivity index (χ4n) is 3.26. The number of hydrogen-bond acceptors (Lipinski definition) is 4. The van der Waals surface area contributed by atoms with E-state index in [1.54, 1.807) is 0 Å². The molecule has 1 saturated carbocycles. The molecule has 0 aliphatic heterocycles. The highest BCUT2D eigenvalue weighted by Crippen LogP contribution is 2.30.